The van der Waals surface area contributed by atoms with Crippen molar-refractivity contribution >= 4 is 11.7 Å². The second kappa shape index (κ2) is 5.48. The Morgan fingerprint density at radius 1 is 1.29 bits per heavy atom. The molecule has 2 heterocycles. The van der Waals surface area contributed by atoms with E-state index in [1.165, 1.54) is 4.90 Å². The van der Waals surface area contributed by atoms with Crippen molar-refractivity contribution in [3.63, 3.8) is 0 Å². The minimum atomic E-state index is -0.982. The Hall–Kier alpha value is -1.89. The van der Waals surface area contributed by atoms with Crippen LogP contribution in [0.2, 0.25) is 0 Å². The Balaban J connectivity index is 1.94. The average Bonchev–Trinajstić information content (AvgIpc) is 2.49. The van der Waals surface area contributed by atoms with Gasteiger partial charge in [0.2, 0.25) is 0 Å². The first-order valence-corrected chi connectivity index (χ1v) is 6.98. The van der Waals surface area contributed by atoms with Crippen LogP contribution in [-0.4, -0.2) is 49.8 Å². The number of hydrogen-bond acceptors (Lipinski definition) is 3. The second-order valence-electron chi connectivity index (χ2n) is 5.28. The van der Waals surface area contributed by atoms with Crippen LogP contribution in [0.25, 0.3) is 0 Å². The summed E-state index contributed by atoms with van der Waals surface area (Å²) in [6.07, 6.45) is 0. The molecule has 0 aliphatic carbocycles. The van der Waals surface area contributed by atoms with E-state index < -0.39 is 11.6 Å². The topological polar surface area (TPSA) is 44.8 Å². The number of nitrogens with one attached hydrogen (secondary N) is 1. The Bertz CT molecular complexity index is 561. The predicted octanol–water partition coefficient (Wildman–Crippen LogP) is 1.58. The highest BCUT2D eigenvalue weighted by atomic mass is 19.2. The molecule has 0 saturated carbocycles. The zero-order chi connectivity index (χ0) is 15.0. The summed E-state index contributed by atoms with van der Waals surface area (Å²) in [6, 6.07) is 1.60. The lowest BCUT2D eigenvalue weighted by molar-refractivity contribution is 0.186. The van der Waals surface area contributed by atoms with Gasteiger partial charge in [0, 0.05) is 38.3 Å². The van der Waals surface area contributed by atoms with Gasteiger partial charge in [-0.15, -0.1) is 0 Å². The molecule has 0 aromatic heterocycles. The molecule has 3 rings (SSSR count). The summed E-state index contributed by atoms with van der Waals surface area (Å²) < 4.78 is 32.2. The van der Waals surface area contributed by atoms with Gasteiger partial charge in [0.05, 0.1) is 11.7 Å². The molecule has 1 aromatic rings. The fraction of sp³-hybridized carbons (Fsp3) is 0.500. The molecule has 0 radical (unpaired) electrons. The van der Waals surface area contributed by atoms with Gasteiger partial charge in [-0.25, -0.2) is 13.6 Å². The number of carbonyl (C=O) groups is 1. The molecule has 1 fully saturated rings. The van der Waals surface area contributed by atoms with Gasteiger partial charge < -0.3 is 15.0 Å². The summed E-state index contributed by atoms with van der Waals surface area (Å²) in [5.74, 6) is -1.75. The van der Waals surface area contributed by atoms with Crippen LogP contribution in [0.1, 0.15) is 6.92 Å². The highest BCUT2D eigenvalue weighted by Gasteiger charge is 2.34. The van der Waals surface area contributed by atoms with Gasteiger partial charge in [-0.1, -0.05) is 0 Å². The molecule has 1 N–H and O–H groups in total. The van der Waals surface area contributed by atoms with Crippen LogP contribution < -0.4 is 15.0 Å². The number of carbonyl (C=O) groups excluding carboxylic acids is 1. The number of hydrogen-bond donors (Lipinski definition) is 1. The number of rotatable bonds is 0. The van der Waals surface area contributed by atoms with Gasteiger partial charge in [0.1, 0.15) is 12.4 Å². The van der Waals surface area contributed by atoms with E-state index in [1.54, 1.807) is 4.90 Å². The first-order valence-electron chi connectivity index (χ1n) is 6.98. The van der Waals surface area contributed by atoms with Gasteiger partial charge in [0.15, 0.2) is 11.6 Å². The molecule has 0 bridgehead atoms. The zero-order valence-electron chi connectivity index (χ0n) is 11.7. The summed E-state index contributed by atoms with van der Waals surface area (Å²) in [5, 5.41) is 3.17. The largest absolute Gasteiger partial charge is 0.489 e. The van der Waals surface area contributed by atoms with Crippen LogP contribution in [0.15, 0.2) is 12.1 Å². The third-order valence-electron chi connectivity index (χ3n) is 3.78. The first-order chi connectivity index (χ1) is 10.1. The number of amides is 2. The van der Waals surface area contributed by atoms with Crippen molar-refractivity contribution in [3.05, 3.63) is 23.8 Å². The number of benzene rings is 1. The predicted molar refractivity (Wildman–Crippen MR) is 73.6 cm³/mol. The first kappa shape index (κ1) is 14.1. The Morgan fingerprint density at radius 3 is 2.67 bits per heavy atom. The van der Waals surface area contributed by atoms with E-state index in [0.29, 0.717) is 13.1 Å². The summed E-state index contributed by atoms with van der Waals surface area (Å²) >= 11 is 0. The quantitative estimate of drug-likeness (QED) is 0.791. The Labute approximate surface area is 121 Å². The second-order valence-corrected chi connectivity index (χ2v) is 5.28. The minimum Gasteiger partial charge on any atom is -0.489 e. The van der Waals surface area contributed by atoms with Crippen molar-refractivity contribution < 1.29 is 18.3 Å². The smallest absolute Gasteiger partial charge is 0.325 e. The number of halogens is 2. The summed E-state index contributed by atoms with van der Waals surface area (Å²) in [6.45, 7) is 4.74. The standard InChI is InChI=1S/C14H17F2N3O2/c1-9-8-21-13-7-11(16)10(15)6-12(13)19(9)14(20)18-4-2-17-3-5-18/h6-7,9,17H,2-5,8H2,1H3. The van der Waals surface area contributed by atoms with Crippen molar-refractivity contribution in [2.24, 2.45) is 0 Å². The molecule has 21 heavy (non-hydrogen) atoms. The number of nitrogens with zero attached hydrogens (tertiary/aromatic N) is 2. The number of piperazine rings is 1. The zero-order valence-corrected chi connectivity index (χ0v) is 11.7. The molecule has 2 aliphatic rings. The molecular formula is C14H17F2N3O2. The number of anilines is 1. The lowest BCUT2D eigenvalue weighted by atomic mass is 10.1. The van der Waals surface area contributed by atoms with Crippen LogP contribution in [0.4, 0.5) is 19.3 Å². The van der Waals surface area contributed by atoms with Crippen molar-refractivity contribution in [3.8, 4) is 5.75 Å². The van der Waals surface area contributed by atoms with Gasteiger partial charge in [-0.05, 0) is 6.92 Å². The summed E-state index contributed by atoms with van der Waals surface area (Å²) in [7, 11) is 0. The maximum Gasteiger partial charge on any atom is 0.325 e. The molecule has 1 unspecified atom stereocenters. The SMILES string of the molecule is CC1COc2cc(F)c(F)cc2N1C(=O)N1CCNCC1. The maximum atomic E-state index is 13.5. The fourth-order valence-electron chi connectivity index (χ4n) is 2.64. The van der Waals surface area contributed by atoms with Crippen LogP contribution >= 0.6 is 0 Å². The maximum absolute atomic E-state index is 13.5. The molecule has 0 spiro atoms. The molecule has 7 heteroatoms. The van der Waals surface area contributed by atoms with E-state index in [9.17, 15) is 13.6 Å². The molecule has 2 amide bonds. The van der Waals surface area contributed by atoms with Gasteiger partial charge in [-0.2, -0.15) is 0 Å². The van der Waals surface area contributed by atoms with Crippen LogP contribution in [0.3, 0.4) is 0 Å². The van der Waals surface area contributed by atoms with E-state index in [0.717, 1.165) is 25.2 Å². The third-order valence-corrected chi connectivity index (χ3v) is 3.78. The lowest BCUT2D eigenvalue weighted by Crippen LogP contribution is -2.55. The van der Waals surface area contributed by atoms with E-state index in [2.05, 4.69) is 5.32 Å². The molecule has 5 nitrogen and oxygen atoms in total. The van der Waals surface area contributed by atoms with Crippen molar-refractivity contribution in [1.82, 2.24) is 10.2 Å². The Morgan fingerprint density at radius 2 is 1.95 bits per heavy atom. The van der Waals surface area contributed by atoms with Gasteiger partial charge in [-0.3, -0.25) is 4.90 Å². The molecular weight excluding hydrogens is 280 g/mol. The molecule has 1 saturated heterocycles. The Kier molecular flexibility index (Phi) is 3.67. The van der Waals surface area contributed by atoms with Crippen LogP contribution in [-0.2, 0) is 0 Å². The average molecular weight is 297 g/mol. The number of fused-ring (bicyclic) bond motifs is 1. The van der Waals surface area contributed by atoms with E-state index >= 15 is 0 Å². The minimum absolute atomic E-state index is 0.195. The molecule has 1 atom stereocenters. The molecule has 1 aromatic carbocycles. The third kappa shape index (κ3) is 2.53. The molecule has 2 aliphatic heterocycles. The van der Waals surface area contributed by atoms with Crippen molar-refractivity contribution in [2.75, 3.05) is 37.7 Å². The van der Waals surface area contributed by atoms with Crippen LogP contribution in [0, 0.1) is 11.6 Å². The van der Waals surface area contributed by atoms with E-state index in [4.69, 9.17) is 4.74 Å². The number of ether oxygens (including phenoxy) is 1. The highest BCUT2D eigenvalue weighted by molar-refractivity contribution is 5.94. The van der Waals surface area contributed by atoms with Crippen molar-refractivity contribution in [2.45, 2.75) is 13.0 Å². The van der Waals surface area contributed by atoms with Gasteiger partial charge in [0.25, 0.3) is 0 Å². The highest BCUT2D eigenvalue weighted by Crippen LogP contribution is 2.36. The van der Waals surface area contributed by atoms with E-state index in [1.807, 2.05) is 6.92 Å². The fourth-order valence-corrected chi connectivity index (χ4v) is 2.64. The number of urea groups is 1. The lowest BCUT2D eigenvalue weighted by Gasteiger charge is -2.39. The summed E-state index contributed by atoms with van der Waals surface area (Å²) in [4.78, 5) is 15.9. The van der Waals surface area contributed by atoms with Crippen LogP contribution in [0.5, 0.6) is 5.75 Å². The van der Waals surface area contributed by atoms with Gasteiger partial charge >= 0.3 is 6.03 Å². The normalized spacial score (nSPS) is 21.8. The van der Waals surface area contributed by atoms with E-state index in [-0.39, 0.29) is 30.1 Å². The molecule has 114 valence electrons. The monoisotopic (exact) mass is 297 g/mol. The summed E-state index contributed by atoms with van der Waals surface area (Å²) in [5.41, 5.74) is 0.288. The van der Waals surface area contributed by atoms with Crippen molar-refractivity contribution in [1.29, 1.82) is 0 Å².